The highest BCUT2D eigenvalue weighted by Crippen LogP contribution is 2.26. The molecule has 0 aliphatic rings. The van der Waals surface area contributed by atoms with E-state index in [-0.39, 0.29) is 24.5 Å². The first-order chi connectivity index (χ1) is 13.5. The minimum atomic E-state index is -4.85. The Bertz CT molecular complexity index is 902. The van der Waals surface area contributed by atoms with Gasteiger partial charge in [-0.05, 0) is 12.1 Å². The van der Waals surface area contributed by atoms with Crippen LogP contribution in [0.1, 0.15) is 10.4 Å². The summed E-state index contributed by atoms with van der Waals surface area (Å²) in [6, 6.07) is 7.20. The Balaban J connectivity index is 1.94. The number of hydrogen-bond donors (Lipinski definition) is 1. The van der Waals surface area contributed by atoms with Gasteiger partial charge < -0.3 is 14.8 Å². The second-order valence-corrected chi connectivity index (χ2v) is 5.38. The number of amides is 1. The molecule has 13 heteroatoms. The lowest BCUT2D eigenvalue weighted by Gasteiger charge is -2.11. The standard InChI is InChI=1S/C16H12F3N3O7/c17-16(18,19)29-14-3-1-2-13(9-14)28-5-4-20-15(23)10-6-11(21(24)25)8-12(7-10)22(26)27/h1-3,6-9H,4-5H2,(H,20,23). The van der Waals surface area contributed by atoms with Crippen LogP contribution in [0.4, 0.5) is 24.5 Å². The number of non-ortho nitro benzene ring substituents is 2. The summed E-state index contributed by atoms with van der Waals surface area (Å²) >= 11 is 0. The third-order valence-electron chi connectivity index (χ3n) is 3.28. The first kappa shape index (κ1) is 21.4. The van der Waals surface area contributed by atoms with Crippen LogP contribution in [0, 0.1) is 20.2 Å². The molecule has 0 atom stereocenters. The van der Waals surface area contributed by atoms with Gasteiger partial charge in [0.1, 0.15) is 18.1 Å². The molecule has 2 aromatic carbocycles. The number of nitrogens with one attached hydrogen (secondary N) is 1. The van der Waals surface area contributed by atoms with E-state index in [9.17, 15) is 38.2 Å². The summed E-state index contributed by atoms with van der Waals surface area (Å²) in [6.07, 6.45) is -4.85. The molecular formula is C16H12F3N3O7. The van der Waals surface area contributed by atoms with Crippen LogP contribution in [-0.4, -0.2) is 35.3 Å². The van der Waals surface area contributed by atoms with Crippen LogP contribution >= 0.6 is 0 Å². The van der Waals surface area contributed by atoms with Gasteiger partial charge in [0.25, 0.3) is 17.3 Å². The van der Waals surface area contributed by atoms with Crippen LogP contribution < -0.4 is 14.8 Å². The van der Waals surface area contributed by atoms with Crippen molar-refractivity contribution in [1.29, 1.82) is 0 Å². The predicted molar refractivity (Wildman–Crippen MR) is 90.7 cm³/mol. The largest absolute Gasteiger partial charge is 0.573 e. The van der Waals surface area contributed by atoms with Gasteiger partial charge in [-0.2, -0.15) is 0 Å². The third-order valence-corrected chi connectivity index (χ3v) is 3.28. The Morgan fingerprint density at radius 3 is 2.14 bits per heavy atom. The number of ether oxygens (including phenoxy) is 2. The second-order valence-electron chi connectivity index (χ2n) is 5.38. The van der Waals surface area contributed by atoms with Gasteiger partial charge >= 0.3 is 6.36 Å². The second kappa shape index (κ2) is 8.86. The number of alkyl halides is 3. The molecule has 0 spiro atoms. The highest BCUT2D eigenvalue weighted by Gasteiger charge is 2.31. The van der Waals surface area contributed by atoms with Crippen molar-refractivity contribution in [3.63, 3.8) is 0 Å². The van der Waals surface area contributed by atoms with E-state index in [1.54, 1.807) is 0 Å². The monoisotopic (exact) mass is 415 g/mol. The molecule has 1 amide bonds. The highest BCUT2D eigenvalue weighted by molar-refractivity contribution is 5.95. The molecule has 0 saturated carbocycles. The topological polar surface area (TPSA) is 134 Å². The van der Waals surface area contributed by atoms with Crippen LogP contribution in [-0.2, 0) is 0 Å². The SMILES string of the molecule is O=C(NCCOc1cccc(OC(F)(F)F)c1)c1cc([N+](=O)[O-])cc([N+](=O)[O-])c1. The van der Waals surface area contributed by atoms with E-state index in [2.05, 4.69) is 10.1 Å². The van der Waals surface area contributed by atoms with E-state index < -0.39 is 39.2 Å². The average Bonchev–Trinajstić information content (AvgIpc) is 2.63. The molecule has 29 heavy (non-hydrogen) atoms. The first-order valence-corrected chi connectivity index (χ1v) is 7.76. The molecule has 154 valence electrons. The maximum Gasteiger partial charge on any atom is 0.573 e. The number of rotatable bonds is 8. The summed E-state index contributed by atoms with van der Waals surface area (Å²) in [5.41, 5.74) is -1.55. The molecule has 0 unspecified atom stereocenters. The molecule has 0 saturated heterocycles. The van der Waals surface area contributed by atoms with E-state index in [4.69, 9.17) is 4.74 Å². The summed E-state index contributed by atoms with van der Waals surface area (Å²) in [7, 11) is 0. The Kier molecular flexibility index (Phi) is 6.54. The van der Waals surface area contributed by atoms with E-state index in [1.165, 1.54) is 12.1 Å². The van der Waals surface area contributed by atoms with Crippen molar-refractivity contribution in [2.24, 2.45) is 0 Å². The Morgan fingerprint density at radius 2 is 1.59 bits per heavy atom. The fourth-order valence-electron chi connectivity index (χ4n) is 2.13. The molecule has 10 nitrogen and oxygen atoms in total. The number of benzene rings is 2. The molecule has 2 aromatic rings. The van der Waals surface area contributed by atoms with Gasteiger partial charge in [-0.25, -0.2) is 0 Å². The van der Waals surface area contributed by atoms with Gasteiger partial charge in [0.2, 0.25) is 0 Å². The number of nitro benzene ring substituents is 2. The molecule has 1 N–H and O–H groups in total. The van der Waals surface area contributed by atoms with Crippen LogP contribution in [0.25, 0.3) is 0 Å². The van der Waals surface area contributed by atoms with Gasteiger partial charge in [-0.3, -0.25) is 25.0 Å². The molecule has 2 rings (SSSR count). The molecule has 0 aliphatic heterocycles. The van der Waals surface area contributed by atoms with E-state index in [0.717, 1.165) is 30.3 Å². The van der Waals surface area contributed by atoms with Crippen molar-refractivity contribution in [2.45, 2.75) is 6.36 Å². The predicted octanol–water partition coefficient (Wildman–Crippen LogP) is 3.21. The number of halogens is 3. The zero-order valence-electron chi connectivity index (χ0n) is 14.3. The van der Waals surface area contributed by atoms with E-state index in [1.807, 2.05) is 0 Å². The van der Waals surface area contributed by atoms with Crippen molar-refractivity contribution < 1.29 is 37.3 Å². The normalized spacial score (nSPS) is 10.9. The van der Waals surface area contributed by atoms with Gasteiger partial charge in [0.05, 0.1) is 28.0 Å². The van der Waals surface area contributed by atoms with Crippen molar-refractivity contribution in [3.8, 4) is 11.5 Å². The molecule has 0 radical (unpaired) electrons. The summed E-state index contributed by atoms with van der Waals surface area (Å²) in [6.45, 7) is -0.280. The maximum atomic E-state index is 12.2. The molecule has 0 aromatic heterocycles. The zero-order chi connectivity index (χ0) is 21.6. The molecule has 0 aliphatic carbocycles. The quantitative estimate of drug-likeness (QED) is 0.397. The van der Waals surface area contributed by atoms with Gasteiger partial charge in [0, 0.05) is 18.2 Å². The zero-order valence-corrected chi connectivity index (χ0v) is 14.3. The first-order valence-electron chi connectivity index (χ1n) is 7.76. The number of nitrogens with zero attached hydrogens (tertiary/aromatic N) is 2. The lowest BCUT2D eigenvalue weighted by Crippen LogP contribution is -2.28. The lowest BCUT2D eigenvalue weighted by molar-refractivity contribution is -0.394. The third kappa shape index (κ3) is 6.64. The fourth-order valence-corrected chi connectivity index (χ4v) is 2.13. The number of hydrogen-bond acceptors (Lipinski definition) is 7. The van der Waals surface area contributed by atoms with E-state index >= 15 is 0 Å². The maximum absolute atomic E-state index is 12.2. The summed E-state index contributed by atoms with van der Waals surface area (Å²) in [5, 5.41) is 24.0. The van der Waals surface area contributed by atoms with Crippen molar-refractivity contribution >= 4 is 17.3 Å². The minimum Gasteiger partial charge on any atom is -0.492 e. The van der Waals surface area contributed by atoms with Crippen molar-refractivity contribution in [1.82, 2.24) is 5.32 Å². The molecule has 0 bridgehead atoms. The summed E-state index contributed by atoms with van der Waals surface area (Å²) < 4.78 is 45.5. The summed E-state index contributed by atoms with van der Waals surface area (Å²) in [5.74, 6) is -1.26. The average molecular weight is 415 g/mol. The highest BCUT2D eigenvalue weighted by atomic mass is 19.4. The van der Waals surface area contributed by atoms with Crippen LogP contribution in [0.15, 0.2) is 42.5 Å². The number of carbonyl (C=O) groups is 1. The minimum absolute atomic E-state index is 0.0481. The molecule has 0 fully saturated rings. The Labute approximate surface area is 160 Å². The fraction of sp³-hybridized carbons (Fsp3) is 0.188. The Hall–Kier alpha value is -3.90. The smallest absolute Gasteiger partial charge is 0.492 e. The van der Waals surface area contributed by atoms with Crippen LogP contribution in [0.5, 0.6) is 11.5 Å². The lowest BCUT2D eigenvalue weighted by atomic mass is 10.1. The van der Waals surface area contributed by atoms with Gasteiger partial charge in [-0.15, -0.1) is 13.2 Å². The van der Waals surface area contributed by atoms with Crippen molar-refractivity contribution in [3.05, 3.63) is 68.3 Å². The van der Waals surface area contributed by atoms with Gasteiger partial charge in [-0.1, -0.05) is 6.07 Å². The van der Waals surface area contributed by atoms with Crippen LogP contribution in [0.3, 0.4) is 0 Å². The van der Waals surface area contributed by atoms with E-state index in [0.29, 0.717) is 0 Å². The number of nitro groups is 2. The summed E-state index contributed by atoms with van der Waals surface area (Å²) in [4.78, 5) is 32.0. The molecular weight excluding hydrogens is 403 g/mol. The Morgan fingerprint density at radius 1 is 1.00 bits per heavy atom. The van der Waals surface area contributed by atoms with Crippen LogP contribution in [0.2, 0.25) is 0 Å². The van der Waals surface area contributed by atoms with Gasteiger partial charge in [0.15, 0.2) is 0 Å². The molecule has 0 heterocycles. The number of carbonyl (C=O) groups excluding carboxylic acids is 1. The van der Waals surface area contributed by atoms with Crippen molar-refractivity contribution in [2.75, 3.05) is 13.2 Å².